The van der Waals surface area contributed by atoms with Gasteiger partial charge in [0.05, 0.1) is 22.3 Å². The lowest BCUT2D eigenvalue weighted by Gasteiger charge is -2.42. The van der Waals surface area contributed by atoms with E-state index in [-0.39, 0.29) is 11.7 Å². The zero-order valence-electron chi connectivity index (χ0n) is 19.1. The van der Waals surface area contributed by atoms with E-state index in [1.807, 2.05) is 26.8 Å². The van der Waals surface area contributed by atoms with E-state index >= 15 is 0 Å². The molecule has 0 radical (unpaired) electrons. The summed E-state index contributed by atoms with van der Waals surface area (Å²) in [6.45, 7) is 19.5. The van der Waals surface area contributed by atoms with Crippen LogP contribution in [0, 0.1) is 5.82 Å². The fraction of sp³-hybridized carbons (Fsp3) is 0.727. The first-order valence-corrected chi connectivity index (χ1v) is 13.7. The van der Waals surface area contributed by atoms with Crippen molar-refractivity contribution in [3.8, 4) is 0 Å². The molecule has 2 N–H and O–H groups in total. The maximum Gasteiger partial charge on any atom is 0.200 e. The van der Waals surface area contributed by atoms with Gasteiger partial charge < -0.3 is 4.43 Å². The Morgan fingerprint density at radius 3 is 2.00 bits per heavy atom. The van der Waals surface area contributed by atoms with Crippen LogP contribution in [-0.4, -0.2) is 17.3 Å². The molecule has 28 heavy (non-hydrogen) atoms. The fourth-order valence-corrected chi connectivity index (χ4v) is 10.6. The zero-order chi connectivity index (χ0) is 21.9. The topological polar surface area (TPSA) is 52.3 Å². The van der Waals surface area contributed by atoms with Crippen LogP contribution in [0.3, 0.4) is 0 Å². The maximum atomic E-state index is 14.8. The Balaban J connectivity index is 3.24. The molecular formula is C22H40FNO2SSi. The third kappa shape index (κ3) is 5.52. The van der Waals surface area contributed by atoms with Crippen LogP contribution in [0.25, 0.3) is 0 Å². The molecule has 1 unspecified atom stereocenters. The van der Waals surface area contributed by atoms with Crippen molar-refractivity contribution < 1.29 is 13.0 Å². The lowest BCUT2D eigenvalue weighted by atomic mass is 9.88. The minimum absolute atomic E-state index is 0.0324. The van der Waals surface area contributed by atoms with Crippen LogP contribution in [0.4, 0.5) is 4.39 Å². The Kier molecular flexibility index (Phi) is 9.06. The summed E-state index contributed by atoms with van der Waals surface area (Å²) in [7, 11) is -3.53. The van der Waals surface area contributed by atoms with Crippen molar-refractivity contribution in [1.82, 2.24) is 0 Å². The van der Waals surface area contributed by atoms with Crippen molar-refractivity contribution in [1.29, 1.82) is 0 Å². The van der Waals surface area contributed by atoms with Crippen LogP contribution in [0.5, 0.6) is 0 Å². The molecule has 1 aromatic rings. The summed E-state index contributed by atoms with van der Waals surface area (Å²) in [6.07, 6.45) is 0.619. The Hall–Kier alpha value is -0.563. The Morgan fingerprint density at radius 2 is 1.57 bits per heavy atom. The van der Waals surface area contributed by atoms with E-state index in [0.29, 0.717) is 35.2 Å². The second-order valence-corrected chi connectivity index (χ2v) is 16.7. The van der Waals surface area contributed by atoms with Crippen molar-refractivity contribution in [3.05, 3.63) is 35.1 Å². The van der Waals surface area contributed by atoms with Gasteiger partial charge in [0, 0.05) is 5.56 Å². The number of hydrogen-bond acceptors (Lipinski definition) is 2. The smallest absolute Gasteiger partial charge is 0.200 e. The molecule has 2 atom stereocenters. The molecule has 0 aliphatic rings. The minimum atomic E-state index is -2.09. The number of hydrogen-bond donors (Lipinski definition) is 1. The molecule has 0 saturated carbocycles. The molecule has 1 rings (SSSR count). The summed E-state index contributed by atoms with van der Waals surface area (Å²) >= 11 is 0. The van der Waals surface area contributed by atoms with Crippen molar-refractivity contribution >= 4 is 19.3 Å². The van der Waals surface area contributed by atoms with Crippen LogP contribution in [-0.2, 0) is 22.0 Å². The lowest BCUT2D eigenvalue weighted by molar-refractivity contribution is 0.259. The van der Waals surface area contributed by atoms with E-state index in [0.717, 1.165) is 5.56 Å². The lowest BCUT2D eigenvalue weighted by Crippen LogP contribution is -2.47. The molecule has 0 aliphatic carbocycles. The molecule has 0 fully saturated rings. The molecule has 3 nitrogen and oxygen atoms in total. The average molecular weight is 430 g/mol. The van der Waals surface area contributed by atoms with E-state index in [9.17, 15) is 8.60 Å². The van der Waals surface area contributed by atoms with Gasteiger partial charge in [-0.05, 0) is 54.4 Å². The first-order chi connectivity index (χ1) is 12.8. The van der Waals surface area contributed by atoms with Gasteiger partial charge in [-0.1, -0.05) is 60.6 Å². The van der Waals surface area contributed by atoms with Gasteiger partial charge in [-0.15, -0.1) is 0 Å². The van der Waals surface area contributed by atoms with E-state index in [4.69, 9.17) is 9.56 Å². The van der Waals surface area contributed by atoms with Crippen molar-refractivity contribution in [2.45, 2.75) is 103 Å². The number of rotatable bonds is 10. The molecule has 6 heteroatoms. The van der Waals surface area contributed by atoms with E-state index in [2.05, 4.69) is 41.5 Å². The number of halogens is 1. The first kappa shape index (κ1) is 25.5. The van der Waals surface area contributed by atoms with Gasteiger partial charge in [0.1, 0.15) is 5.82 Å². The highest BCUT2D eigenvalue weighted by Gasteiger charge is 2.45. The maximum absolute atomic E-state index is 14.8. The van der Waals surface area contributed by atoms with Crippen LogP contribution in [0.15, 0.2) is 18.2 Å². The van der Waals surface area contributed by atoms with Gasteiger partial charge in [0.2, 0.25) is 8.32 Å². The highest BCUT2D eigenvalue weighted by Crippen LogP contribution is 2.43. The molecule has 0 saturated heterocycles. The normalized spacial score (nSPS) is 15.5. The summed E-state index contributed by atoms with van der Waals surface area (Å²) in [5.74, 6) is -0.194. The van der Waals surface area contributed by atoms with E-state index in [1.165, 1.54) is 6.07 Å². The first-order valence-electron chi connectivity index (χ1n) is 10.3. The largest absolute Gasteiger partial charge is 0.412 e. The van der Waals surface area contributed by atoms with Gasteiger partial charge in [-0.25, -0.2) is 8.60 Å². The summed E-state index contributed by atoms with van der Waals surface area (Å²) in [5.41, 5.74) is 2.89. The third-order valence-electron chi connectivity index (χ3n) is 6.20. The molecule has 0 heterocycles. The van der Waals surface area contributed by atoms with Crippen LogP contribution < -0.4 is 5.14 Å². The van der Waals surface area contributed by atoms with Gasteiger partial charge in [0.25, 0.3) is 0 Å². The van der Waals surface area contributed by atoms with Crippen LogP contribution in [0.2, 0.25) is 16.6 Å². The molecule has 0 amide bonds. The number of benzene rings is 1. The van der Waals surface area contributed by atoms with Crippen molar-refractivity contribution in [2.75, 3.05) is 0 Å². The van der Waals surface area contributed by atoms with E-state index < -0.39 is 24.1 Å². The van der Waals surface area contributed by atoms with Gasteiger partial charge >= 0.3 is 0 Å². The highest BCUT2D eigenvalue weighted by molar-refractivity contribution is 7.84. The minimum Gasteiger partial charge on any atom is -0.412 e. The van der Waals surface area contributed by atoms with Gasteiger partial charge in [0.15, 0.2) is 0 Å². The predicted molar refractivity (Wildman–Crippen MR) is 122 cm³/mol. The van der Waals surface area contributed by atoms with Crippen molar-refractivity contribution in [3.63, 3.8) is 0 Å². The average Bonchev–Trinajstić information content (AvgIpc) is 2.54. The standard InChI is InChI=1S/C22H40FNO2SSi/c1-15(2)28(16(3)4,17(5)6)26-14-20-19(11-10-12-21(20)23)18(7)13-22(8,9)27(24)25/h10-12,15-18H,13-14,24H2,1-9H3/t18-,27?/m0/s1. The molecule has 1 aromatic carbocycles. The SMILES string of the molecule is CC(C)[Si](OCc1c(F)cccc1[C@@H](C)CC(C)(C)S(N)=O)(C(C)C)C(C)C. The molecule has 0 bridgehead atoms. The fourth-order valence-electron chi connectivity index (χ4n) is 4.82. The van der Waals surface area contributed by atoms with Crippen LogP contribution in [0.1, 0.15) is 85.8 Å². The zero-order valence-corrected chi connectivity index (χ0v) is 21.0. The van der Waals surface area contributed by atoms with Gasteiger partial charge in [-0.3, -0.25) is 5.14 Å². The summed E-state index contributed by atoms with van der Waals surface area (Å²) in [5, 5.41) is 5.66. The Bertz CT molecular complexity index is 655. The molecule has 0 aliphatic heterocycles. The molecule has 0 aromatic heterocycles. The second kappa shape index (κ2) is 9.96. The number of nitrogens with two attached hydrogens (primary N) is 1. The molecule has 162 valence electrons. The highest BCUT2D eigenvalue weighted by atomic mass is 32.2. The van der Waals surface area contributed by atoms with Crippen molar-refractivity contribution in [2.24, 2.45) is 5.14 Å². The van der Waals surface area contributed by atoms with E-state index in [1.54, 1.807) is 6.07 Å². The summed E-state index contributed by atoms with van der Waals surface area (Å²) < 4.78 is 32.8. The molecular weight excluding hydrogens is 389 g/mol. The quantitative estimate of drug-likeness (QED) is 0.437. The predicted octanol–water partition coefficient (Wildman–Crippen LogP) is 6.41. The third-order valence-corrected chi connectivity index (χ3v) is 13.5. The second-order valence-electron chi connectivity index (χ2n) is 9.58. The Labute approximate surface area is 175 Å². The summed E-state index contributed by atoms with van der Waals surface area (Å²) in [4.78, 5) is 0. The molecule has 0 spiro atoms. The monoisotopic (exact) mass is 429 g/mol. The Morgan fingerprint density at radius 1 is 1.07 bits per heavy atom. The summed E-state index contributed by atoms with van der Waals surface area (Å²) in [6, 6.07) is 5.21. The van der Waals surface area contributed by atoms with Gasteiger partial charge in [-0.2, -0.15) is 0 Å². The van der Waals surface area contributed by atoms with Crippen LogP contribution >= 0.6 is 0 Å².